The molecule has 0 bridgehead atoms. The summed E-state index contributed by atoms with van der Waals surface area (Å²) < 4.78 is 5.48. The average Bonchev–Trinajstić information content (AvgIpc) is 3.03. The Morgan fingerprint density at radius 1 is 1.17 bits per heavy atom. The Labute approximate surface area is 158 Å². The molecule has 2 aromatic carbocycles. The molecule has 0 aliphatic heterocycles. The van der Waals surface area contributed by atoms with Crippen molar-refractivity contribution in [2.75, 3.05) is 5.32 Å². The summed E-state index contributed by atoms with van der Waals surface area (Å²) in [7, 11) is 0. The van der Waals surface area contributed by atoms with Gasteiger partial charge in [0.05, 0.1) is 6.54 Å². The Morgan fingerprint density at radius 3 is 2.71 bits per heavy atom. The Bertz CT molecular complexity index is 815. The van der Waals surface area contributed by atoms with E-state index in [1.807, 2.05) is 61.5 Å². The zero-order valence-corrected chi connectivity index (χ0v) is 15.6. The van der Waals surface area contributed by atoms with Crippen LogP contribution in [0.3, 0.4) is 0 Å². The molecule has 0 aliphatic rings. The third-order valence-electron chi connectivity index (χ3n) is 3.27. The van der Waals surface area contributed by atoms with Crippen molar-refractivity contribution in [1.82, 2.24) is 4.98 Å². The van der Waals surface area contributed by atoms with Gasteiger partial charge in [-0.05, 0) is 36.8 Å². The van der Waals surface area contributed by atoms with Gasteiger partial charge in [0.25, 0.3) is 0 Å². The minimum absolute atomic E-state index is 0. The Balaban J connectivity index is 0.00000208. The van der Waals surface area contributed by atoms with Gasteiger partial charge in [0.1, 0.15) is 12.0 Å². The first-order chi connectivity index (χ1) is 11.2. The monoisotopic (exact) mass is 434 g/mol. The molecular formula is C18H19IN4O. The summed E-state index contributed by atoms with van der Waals surface area (Å²) in [5.41, 5.74) is 9.65. The highest BCUT2D eigenvalue weighted by atomic mass is 127. The lowest BCUT2D eigenvalue weighted by Crippen LogP contribution is -2.22. The molecule has 0 fully saturated rings. The molecule has 124 valence electrons. The number of hydrogen-bond donors (Lipinski definition) is 2. The van der Waals surface area contributed by atoms with E-state index >= 15 is 0 Å². The lowest BCUT2D eigenvalue weighted by Gasteiger charge is -2.05. The van der Waals surface area contributed by atoms with Gasteiger partial charge in [-0.3, -0.25) is 0 Å². The second kappa shape index (κ2) is 8.49. The molecule has 24 heavy (non-hydrogen) atoms. The van der Waals surface area contributed by atoms with E-state index in [0.717, 1.165) is 22.5 Å². The number of aliphatic imine (C=N–C) groups is 1. The molecule has 0 spiro atoms. The summed E-state index contributed by atoms with van der Waals surface area (Å²) in [6.45, 7) is 2.39. The first-order valence-corrected chi connectivity index (χ1v) is 7.34. The van der Waals surface area contributed by atoms with E-state index in [4.69, 9.17) is 10.2 Å². The summed E-state index contributed by atoms with van der Waals surface area (Å²) >= 11 is 0. The number of nitrogens with zero attached hydrogens (tertiary/aromatic N) is 2. The van der Waals surface area contributed by atoms with E-state index in [-0.39, 0.29) is 24.0 Å². The molecule has 0 aliphatic carbocycles. The first-order valence-electron chi connectivity index (χ1n) is 7.34. The minimum Gasteiger partial charge on any atom is -0.444 e. The summed E-state index contributed by atoms with van der Waals surface area (Å²) in [6, 6.07) is 17.7. The van der Waals surface area contributed by atoms with Gasteiger partial charge >= 0.3 is 0 Å². The normalized spacial score (nSPS) is 11.0. The molecular weight excluding hydrogens is 415 g/mol. The first kappa shape index (κ1) is 18.0. The van der Waals surface area contributed by atoms with E-state index in [9.17, 15) is 0 Å². The molecule has 0 atom stereocenters. The van der Waals surface area contributed by atoms with Crippen LogP contribution >= 0.6 is 24.0 Å². The van der Waals surface area contributed by atoms with E-state index in [2.05, 4.69) is 15.3 Å². The van der Waals surface area contributed by atoms with Gasteiger partial charge in [0, 0.05) is 11.3 Å². The summed E-state index contributed by atoms with van der Waals surface area (Å²) in [5.74, 6) is 0.931. The number of halogens is 1. The molecule has 0 saturated heterocycles. The smallest absolute Gasteiger partial charge is 0.226 e. The van der Waals surface area contributed by atoms with Crippen LogP contribution in [0.2, 0.25) is 0 Å². The SMILES string of the molecule is Cc1cccc(NC(N)=NCc2coc(-c3ccccc3)n2)c1.I. The number of aromatic nitrogens is 1. The minimum atomic E-state index is 0. The van der Waals surface area contributed by atoms with Crippen LogP contribution in [0.5, 0.6) is 0 Å². The van der Waals surface area contributed by atoms with Crippen LogP contribution in [-0.4, -0.2) is 10.9 Å². The average molecular weight is 434 g/mol. The molecule has 5 nitrogen and oxygen atoms in total. The largest absolute Gasteiger partial charge is 0.444 e. The molecule has 3 rings (SSSR count). The molecule has 1 heterocycles. The number of benzene rings is 2. The van der Waals surface area contributed by atoms with Crippen molar-refractivity contribution in [3.05, 3.63) is 72.1 Å². The highest BCUT2D eigenvalue weighted by Crippen LogP contribution is 2.18. The third-order valence-corrected chi connectivity index (χ3v) is 3.27. The molecule has 0 radical (unpaired) electrons. The van der Waals surface area contributed by atoms with Crippen molar-refractivity contribution >= 4 is 35.6 Å². The lowest BCUT2D eigenvalue weighted by atomic mass is 10.2. The van der Waals surface area contributed by atoms with E-state index in [0.29, 0.717) is 18.4 Å². The Hall–Kier alpha value is -2.35. The maximum Gasteiger partial charge on any atom is 0.226 e. The number of oxazole rings is 1. The molecule has 3 aromatic rings. The molecule has 0 amide bonds. The van der Waals surface area contributed by atoms with Crippen LogP contribution in [0.4, 0.5) is 5.69 Å². The lowest BCUT2D eigenvalue weighted by molar-refractivity contribution is 0.572. The van der Waals surface area contributed by atoms with Crippen molar-refractivity contribution in [3.8, 4) is 11.5 Å². The van der Waals surface area contributed by atoms with Crippen LogP contribution in [0.1, 0.15) is 11.3 Å². The van der Waals surface area contributed by atoms with Crippen LogP contribution < -0.4 is 11.1 Å². The zero-order chi connectivity index (χ0) is 16.1. The molecule has 6 heteroatoms. The third kappa shape index (κ3) is 4.82. The highest BCUT2D eigenvalue weighted by Gasteiger charge is 2.05. The zero-order valence-electron chi connectivity index (χ0n) is 13.3. The fourth-order valence-electron chi connectivity index (χ4n) is 2.17. The summed E-state index contributed by atoms with van der Waals surface area (Å²) in [4.78, 5) is 8.70. The molecule has 0 saturated carbocycles. The van der Waals surface area contributed by atoms with Crippen LogP contribution in [0.15, 0.2) is 70.3 Å². The predicted molar refractivity (Wildman–Crippen MR) is 107 cm³/mol. The summed E-state index contributed by atoms with van der Waals surface area (Å²) in [5, 5.41) is 3.06. The maximum absolute atomic E-state index is 5.90. The highest BCUT2D eigenvalue weighted by molar-refractivity contribution is 14.0. The van der Waals surface area contributed by atoms with Crippen molar-refractivity contribution in [2.45, 2.75) is 13.5 Å². The van der Waals surface area contributed by atoms with Gasteiger partial charge in [0.15, 0.2) is 5.96 Å². The van der Waals surface area contributed by atoms with E-state index in [1.165, 1.54) is 0 Å². The quantitative estimate of drug-likeness (QED) is 0.367. The van der Waals surface area contributed by atoms with Crippen LogP contribution in [0, 0.1) is 6.92 Å². The number of rotatable bonds is 4. The number of aryl methyl sites for hydroxylation is 1. The number of hydrogen-bond acceptors (Lipinski definition) is 3. The van der Waals surface area contributed by atoms with Gasteiger partial charge in [-0.1, -0.05) is 30.3 Å². The number of anilines is 1. The number of nitrogens with two attached hydrogens (primary N) is 1. The Kier molecular flexibility index (Phi) is 6.36. The van der Waals surface area contributed by atoms with Gasteiger partial charge in [0.2, 0.25) is 5.89 Å². The van der Waals surface area contributed by atoms with Crippen molar-refractivity contribution in [3.63, 3.8) is 0 Å². The Morgan fingerprint density at radius 2 is 1.96 bits per heavy atom. The predicted octanol–water partition coefficient (Wildman–Crippen LogP) is 4.19. The van der Waals surface area contributed by atoms with Gasteiger partial charge in [-0.25, -0.2) is 9.98 Å². The second-order valence-electron chi connectivity index (χ2n) is 5.21. The van der Waals surface area contributed by atoms with Crippen molar-refractivity contribution < 1.29 is 4.42 Å². The van der Waals surface area contributed by atoms with E-state index in [1.54, 1.807) is 6.26 Å². The van der Waals surface area contributed by atoms with E-state index < -0.39 is 0 Å². The molecule has 3 N–H and O–H groups in total. The van der Waals surface area contributed by atoms with Gasteiger partial charge in [-0.15, -0.1) is 24.0 Å². The maximum atomic E-state index is 5.90. The van der Waals surface area contributed by atoms with Crippen molar-refractivity contribution in [1.29, 1.82) is 0 Å². The van der Waals surface area contributed by atoms with Crippen LogP contribution in [0.25, 0.3) is 11.5 Å². The standard InChI is InChI=1S/C18H18N4O.HI/c1-13-6-5-9-15(10-13)22-18(19)20-11-16-12-23-17(21-16)14-7-3-2-4-8-14;/h2-10,12H,11H2,1H3,(H3,19,20,22);1H. The number of guanidine groups is 1. The summed E-state index contributed by atoms with van der Waals surface area (Å²) in [6.07, 6.45) is 1.60. The number of nitrogens with one attached hydrogen (secondary N) is 1. The fourth-order valence-corrected chi connectivity index (χ4v) is 2.17. The molecule has 0 unspecified atom stereocenters. The van der Waals surface area contributed by atoms with Crippen molar-refractivity contribution in [2.24, 2.45) is 10.7 Å². The topological polar surface area (TPSA) is 76.4 Å². The van der Waals surface area contributed by atoms with Gasteiger partial charge in [-0.2, -0.15) is 0 Å². The van der Waals surface area contributed by atoms with Crippen LogP contribution in [-0.2, 0) is 6.54 Å². The second-order valence-corrected chi connectivity index (χ2v) is 5.21. The fraction of sp³-hybridized carbons (Fsp3) is 0.111. The molecule has 1 aromatic heterocycles. The van der Waals surface area contributed by atoms with Gasteiger partial charge < -0.3 is 15.5 Å².